The lowest BCUT2D eigenvalue weighted by atomic mass is 9.72. The van der Waals surface area contributed by atoms with Gasteiger partial charge in [0.1, 0.15) is 5.60 Å². The standard InChI is InChI=1S/C19H22N4O6S/c20-30(27,28)12-5-3-4-11(10-12)15(24)21-9-8-19-7-2-1-6-13(19)14-16(25)22-18(26)23-17(14)29-19/h3-5,10,13H,1-2,6-9H2,(H,21,24)(H2,20,27,28)(H2,22,23,25,26)/t13-,19+/m1/s1. The summed E-state index contributed by atoms with van der Waals surface area (Å²) in [5.41, 5.74) is -1.09. The molecule has 11 heteroatoms. The molecular weight excluding hydrogens is 412 g/mol. The zero-order valence-electron chi connectivity index (χ0n) is 16.1. The summed E-state index contributed by atoms with van der Waals surface area (Å²) >= 11 is 0. The van der Waals surface area contributed by atoms with Crippen LogP contribution >= 0.6 is 0 Å². The molecule has 2 aromatic rings. The summed E-state index contributed by atoms with van der Waals surface area (Å²) in [5, 5.41) is 7.89. The molecule has 0 radical (unpaired) electrons. The first-order valence-electron chi connectivity index (χ1n) is 9.66. The van der Waals surface area contributed by atoms with Gasteiger partial charge in [-0.3, -0.25) is 19.6 Å². The second-order valence-electron chi connectivity index (χ2n) is 7.69. The Labute approximate surface area is 171 Å². The predicted octanol–water partition coefficient (Wildman–Crippen LogP) is 0.320. The molecule has 2 atom stereocenters. The van der Waals surface area contributed by atoms with Gasteiger partial charge in [-0.1, -0.05) is 12.5 Å². The normalized spacial score (nSPS) is 22.6. The molecule has 1 aromatic carbocycles. The molecule has 1 aliphatic carbocycles. The predicted molar refractivity (Wildman–Crippen MR) is 107 cm³/mol. The Morgan fingerprint density at radius 1 is 1.27 bits per heavy atom. The number of aromatic nitrogens is 2. The van der Waals surface area contributed by atoms with Crippen molar-refractivity contribution in [2.75, 3.05) is 6.54 Å². The number of hydrogen-bond donors (Lipinski definition) is 4. The number of aromatic amines is 2. The maximum Gasteiger partial charge on any atom is 0.328 e. The van der Waals surface area contributed by atoms with Crippen LogP contribution in [0.2, 0.25) is 0 Å². The van der Waals surface area contributed by atoms with Crippen LogP contribution in [0.25, 0.3) is 0 Å². The smallest absolute Gasteiger partial charge is 0.328 e. The summed E-state index contributed by atoms with van der Waals surface area (Å²) in [4.78, 5) is 41.1. The van der Waals surface area contributed by atoms with Crippen molar-refractivity contribution in [3.8, 4) is 5.88 Å². The Bertz CT molecular complexity index is 1220. The van der Waals surface area contributed by atoms with Crippen molar-refractivity contribution in [1.82, 2.24) is 15.3 Å². The molecule has 2 aliphatic rings. The largest absolute Gasteiger partial charge is 0.471 e. The van der Waals surface area contributed by atoms with Crippen molar-refractivity contribution in [2.45, 2.75) is 48.5 Å². The Hall–Kier alpha value is -2.92. The van der Waals surface area contributed by atoms with Crippen molar-refractivity contribution in [2.24, 2.45) is 5.14 Å². The molecule has 1 aromatic heterocycles. The number of rotatable bonds is 5. The van der Waals surface area contributed by atoms with Gasteiger partial charge in [-0.05, 0) is 37.5 Å². The molecule has 1 amide bonds. The van der Waals surface area contributed by atoms with Crippen LogP contribution in [0.3, 0.4) is 0 Å². The third kappa shape index (κ3) is 3.65. The van der Waals surface area contributed by atoms with E-state index in [1.54, 1.807) is 0 Å². The molecule has 10 nitrogen and oxygen atoms in total. The van der Waals surface area contributed by atoms with Crippen LogP contribution in [0, 0.1) is 0 Å². The molecule has 0 saturated heterocycles. The molecule has 0 spiro atoms. The summed E-state index contributed by atoms with van der Waals surface area (Å²) in [7, 11) is -3.91. The van der Waals surface area contributed by atoms with Crippen molar-refractivity contribution < 1.29 is 17.9 Å². The average Bonchev–Trinajstić information content (AvgIpc) is 3.01. The van der Waals surface area contributed by atoms with Gasteiger partial charge in [0.25, 0.3) is 11.5 Å². The molecule has 0 bridgehead atoms. The van der Waals surface area contributed by atoms with Gasteiger partial charge in [-0.2, -0.15) is 0 Å². The highest BCUT2D eigenvalue weighted by Crippen LogP contribution is 2.51. The third-order valence-corrected chi connectivity index (χ3v) is 6.74. The number of ether oxygens (including phenoxy) is 1. The highest BCUT2D eigenvalue weighted by atomic mass is 32.2. The highest BCUT2D eigenvalue weighted by Gasteiger charge is 2.51. The van der Waals surface area contributed by atoms with Gasteiger partial charge in [0.05, 0.1) is 10.5 Å². The van der Waals surface area contributed by atoms with Crippen molar-refractivity contribution in [3.63, 3.8) is 0 Å². The van der Waals surface area contributed by atoms with E-state index in [4.69, 9.17) is 9.88 Å². The number of fused-ring (bicyclic) bond motifs is 3. The SMILES string of the molecule is NS(=O)(=O)c1cccc(C(=O)NCC[C@@]23CCCC[C@@H]2c2c([nH]c(=O)[nH]c2=O)O3)c1. The van der Waals surface area contributed by atoms with Gasteiger partial charge in [-0.15, -0.1) is 0 Å². The number of sulfonamides is 1. The Morgan fingerprint density at radius 3 is 2.83 bits per heavy atom. The lowest BCUT2D eigenvalue weighted by Crippen LogP contribution is -2.44. The highest BCUT2D eigenvalue weighted by molar-refractivity contribution is 7.89. The minimum atomic E-state index is -3.91. The molecule has 160 valence electrons. The van der Waals surface area contributed by atoms with Gasteiger partial charge >= 0.3 is 5.69 Å². The number of H-pyrrole nitrogens is 2. The Balaban J connectivity index is 1.50. The summed E-state index contributed by atoms with van der Waals surface area (Å²) < 4.78 is 29.1. The van der Waals surface area contributed by atoms with Crippen molar-refractivity contribution >= 4 is 15.9 Å². The quantitative estimate of drug-likeness (QED) is 0.529. The van der Waals surface area contributed by atoms with Crippen LogP contribution in [0.15, 0.2) is 38.8 Å². The number of hydrogen-bond acceptors (Lipinski definition) is 6. The Kier molecular flexibility index (Phi) is 5.02. The van der Waals surface area contributed by atoms with E-state index >= 15 is 0 Å². The summed E-state index contributed by atoms with van der Waals surface area (Å²) in [5.74, 6) is -0.390. The van der Waals surface area contributed by atoms with Crippen LogP contribution in [-0.2, 0) is 10.0 Å². The first-order chi connectivity index (χ1) is 14.2. The summed E-state index contributed by atoms with van der Waals surface area (Å²) in [6.07, 6.45) is 3.75. The molecule has 4 rings (SSSR count). The van der Waals surface area contributed by atoms with E-state index in [-0.39, 0.29) is 28.8 Å². The van der Waals surface area contributed by atoms with E-state index in [0.717, 1.165) is 19.3 Å². The molecule has 1 aliphatic heterocycles. The molecule has 2 heterocycles. The van der Waals surface area contributed by atoms with E-state index in [1.807, 2.05) is 0 Å². The minimum absolute atomic E-state index is 0.140. The number of carbonyl (C=O) groups excluding carboxylic acids is 1. The number of carbonyl (C=O) groups is 1. The van der Waals surface area contributed by atoms with E-state index < -0.39 is 32.8 Å². The zero-order valence-corrected chi connectivity index (χ0v) is 16.9. The minimum Gasteiger partial charge on any atom is -0.471 e. The van der Waals surface area contributed by atoms with Gasteiger partial charge in [-0.25, -0.2) is 18.4 Å². The van der Waals surface area contributed by atoms with E-state index in [2.05, 4.69) is 15.3 Å². The van der Waals surface area contributed by atoms with Crippen LogP contribution in [0.4, 0.5) is 0 Å². The summed E-state index contributed by atoms with van der Waals surface area (Å²) in [6, 6.07) is 5.49. The molecule has 1 fully saturated rings. The van der Waals surface area contributed by atoms with Crippen molar-refractivity contribution in [3.05, 3.63) is 56.2 Å². The van der Waals surface area contributed by atoms with Gasteiger partial charge < -0.3 is 10.1 Å². The molecule has 5 N–H and O–H groups in total. The second kappa shape index (κ2) is 7.40. The third-order valence-electron chi connectivity index (χ3n) is 5.83. The fourth-order valence-corrected chi connectivity index (χ4v) is 5.03. The summed E-state index contributed by atoms with van der Waals surface area (Å²) in [6.45, 7) is 0.255. The Morgan fingerprint density at radius 2 is 2.07 bits per heavy atom. The maximum atomic E-state index is 12.5. The molecular formula is C19H22N4O6S. The number of primary sulfonamides is 1. The lowest BCUT2D eigenvalue weighted by molar-refractivity contribution is 0.0245. The number of benzene rings is 1. The van der Waals surface area contributed by atoms with Gasteiger partial charge in [0.15, 0.2) is 0 Å². The lowest BCUT2D eigenvalue weighted by Gasteiger charge is -2.38. The average molecular weight is 434 g/mol. The van der Waals surface area contributed by atoms with E-state index in [9.17, 15) is 22.8 Å². The van der Waals surface area contributed by atoms with Crippen LogP contribution < -0.4 is 26.4 Å². The fraction of sp³-hybridized carbons (Fsp3) is 0.421. The number of nitrogens with one attached hydrogen (secondary N) is 3. The van der Waals surface area contributed by atoms with Gasteiger partial charge in [0, 0.05) is 24.4 Å². The fourth-order valence-electron chi connectivity index (χ4n) is 4.47. The molecule has 0 unspecified atom stereocenters. The van der Waals surface area contributed by atoms with Crippen molar-refractivity contribution in [1.29, 1.82) is 0 Å². The maximum absolute atomic E-state index is 12.5. The first-order valence-corrected chi connectivity index (χ1v) is 11.2. The van der Waals surface area contributed by atoms with Gasteiger partial charge in [0.2, 0.25) is 15.9 Å². The molecule has 30 heavy (non-hydrogen) atoms. The zero-order chi connectivity index (χ0) is 21.5. The molecule has 1 saturated carbocycles. The van der Waals surface area contributed by atoms with E-state index in [0.29, 0.717) is 18.4 Å². The van der Waals surface area contributed by atoms with Crippen LogP contribution in [0.5, 0.6) is 5.88 Å². The number of amides is 1. The van der Waals surface area contributed by atoms with Crippen LogP contribution in [-0.4, -0.2) is 36.4 Å². The topological polar surface area (TPSA) is 164 Å². The monoisotopic (exact) mass is 434 g/mol. The first kappa shape index (κ1) is 20.4. The van der Waals surface area contributed by atoms with Crippen LogP contribution in [0.1, 0.15) is 53.9 Å². The second-order valence-corrected chi connectivity index (χ2v) is 9.26. The number of nitrogens with two attached hydrogens (primary N) is 1. The van der Waals surface area contributed by atoms with E-state index in [1.165, 1.54) is 24.3 Å².